The van der Waals surface area contributed by atoms with Gasteiger partial charge in [0.05, 0.1) is 5.75 Å². The van der Waals surface area contributed by atoms with Crippen LogP contribution in [0.1, 0.15) is 16.5 Å². The molecule has 3 heteroatoms. The summed E-state index contributed by atoms with van der Waals surface area (Å²) in [7, 11) is 0. The quantitative estimate of drug-likeness (QED) is 0.644. The van der Waals surface area contributed by atoms with E-state index in [1.807, 2.05) is 4.90 Å². The molecule has 2 aliphatic rings. The molecule has 72 valence electrons. The summed E-state index contributed by atoms with van der Waals surface area (Å²) in [4.78, 5) is 13.5. The van der Waals surface area contributed by atoms with Crippen LogP contribution in [0.15, 0.2) is 24.3 Å². The van der Waals surface area contributed by atoms with E-state index in [4.69, 9.17) is 0 Å². The molecule has 3 rings (SSSR count). The van der Waals surface area contributed by atoms with E-state index < -0.39 is 0 Å². The molecule has 0 aromatic heterocycles. The summed E-state index contributed by atoms with van der Waals surface area (Å²) < 4.78 is 0. The zero-order chi connectivity index (χ0) is 9.54. The first-order chi connectivity index (χ1) is 6.86. The van der Waals surface area contributed by atoms with E-state index in [0.717, 1.165) is 13.0 Å². The number of carbonyl (C=O) groups is 1. The number of hydrogen-bond donors (Lipinski definition) is 0. The molecule has 1 aromatic rings. The highest BCUT2D eigenvalue weighted by Crippen LogP contribution is 2.42. The average Bonchev–Trinajstić information content (AvgIpc) is 2.61. The molecule has 1 saturated heterocycles. The van der Waals surface area contributed by atoms with Crippen LogP contribution in [0.5, 0.6) is 0 Å². The Hall–Kier alpha value is -0.960. The van der Waals surface area contributed by atoms with Gasteiger partial charge in [-0.3, -0.25) is 4.79 Å². The second kappa shape index (κ2) is 3.02. The molecule has 0 N–H and O–H groups in total. The molecular formula is C11H11NOS. The van der Waals surface area contributed by atoms with Crippen LogP contribution in [0.4, 0.5) is 0 Å². The highest BCUT2D eigenvalue weighted by molar-refractivity contribution is 8.00. The predicted molar refractivity (Wildman–Crippen MR) is 57.1 cm³/mol. The van der Waals surface area contributed by atoms with Gasteiger partial charge in [0.15, 0.2) is 0 Å². The van der Waals surface area contributed by atoms with Crippen molar-refractivity contribution in [2.75, 3.05) is 12.3 Å². The van der Waals surface area contributed by atoms with Crippen LogP contribution in [0.2, 0.25) is 0 Å². The highest BCUT2D eigenvalue weighted by atomic mass is 32.2. The molecule has 0 spiro atoms. The highest BCUT2D eigenvalue weighted by Gasteiger charge is 2.36. The zero-order valence-electron chi connectivity index (χ0n) is 7.77. The molecule has 2 heterocycles. The predicted octanol–water partition coefficient (Wildman–Crippen LogP) is 1.82. The minimum atomic E-state index is 0.299. The summed E-state index contributed by atoms with van der Waals surface area (Å²) in [6, 6.07) is 8.47. The minimum absolute atomic E-state index is 0.299. The Morgan fingerprint density at radius 3 is 3.14 bits per heavy atom. The lowest BCUT2D eigenvalue weighted by molar-refractivity contribution is -0.128. The third-order valence-corrected chi connectivity index (χ3v) is 4.15. The van der Waals surface area contributed by atoms with Gasteiger partial charge in [-0.15, -0.1) is 11.8 Å². The van der Waals surface area contributed by atoms with Crippen molar-refractivity contribution < 1.29 is 4.79 Å². The Labute approximate surface area is 87.3 Å². The van der Waals surface area contributed by atoms with E-state index in [1.165, 1.54) is 11.1 Å². The molecule has 0 unspecified atom stereocenters. The van der Waals surface area contributed by atoms with Crippen LogP contribution < -0.4 is 0 Å². The Kier molecular flexibility index (Phi) is 1.80. The third kappa shape index (κ3) is 1.08. The second-order valence-corrected chi connectivity index (χ2v) is 4.77. The van der Waals surface area contributed by atoms with E-state index in [1.54, 1.807) is 11.8 Å². The number of nitrogens with zero attached hydrogens (tertiary/aromatic N) is 1. The van der Waals surface area contributed by atoms with Gasteiger partial charge in [-0.05, 0) is 17.5 Å². The molecule has 1 amide bonds. The van der Waals surface area contributed by atoms with Gasteiger partial charge < -0.3 is 4.90 Å². The number of rotatable bonds is 0. The van der Waals surface area contributed by atoms with Crippen molar-refractivity contribution in [3.05, 3.63) is 35.4 Å². The molecule has 0 aliphatic carbocycles. The monoisotopic (exact) mass is 205 g/mol. The van der Waals surface area contributed by atoms with Gasteiger partial charge in [0.2, 0.25) is 5.91 Å². The smallest absolute Gasteiger partial charge is 0.233 e. The van der Waals surface area contributed by atoms with Gasteiger partial charge in [0, 0.05) is 6.54 Å². The van der Waals surface area contributed by atoms with Crippen LogP contribution in [0.25, 0.3) is 0 Å². The van der Waals surface area contributed by atoms with E-state index in [2.05, 4.69) is 24.3 Å². The first kappa shape index (κ1) is 8.36. The molecule has 1 fully saturated rings. The normalized spacial score (nSPS) is 24.7. The SMILES string of the molecule is O=C1CS[C@H]2c3ccccc3CCN12. The van der Waals surface area contributed by atoms with Gasteiger partial charge in [-0.25, -0.2) is 0 Å². The Bertz CT molecular complexity index is 391. The van der Waals surface area contributed by atoms with Gasteiger partial charge >= 0.3 is 0 Å². The number of benzene rings is 1. The van der Waals surface area contributed by atoms with E-state index >= 15 is 0 Å². The maximum absolute atomic E-state index is 11.5. The average molecular weight is 205 g/mol. The van der Waals surface area contributed by atoms with Gasteiger partial charge in [-0.1, -0.05) is 24.3 Å². The molecule has 2 nitrogen and oxygen atoms in total. The van der Waals surface area contributed by atoms with Crippen molar-refractivity contribution in [2.24, 2.45) is 0 Å². The van der Waals surface area contributed by atoms with Crippen molar-refractivity contribution >= 4 is 17.7 Å². The van der Waals surface area contributed by atoms with E-state index in [9.17, 15) is 4.79 Å². The van der Waals surface area contributed by atoms with Crippen LogP contribution >= 0.6 is 11.8 Å². The molecule has 2 aliphatic heterocycles. The first-order valence-electron chi connectivity index (χ1n) is 4.85. The number of thioether (sulfide) groups is 1. The van der Waals surface area contributed by atoms with Crippen molar-refractivity contribution in [1.82, 2.24) is 4.90 Å². The fourth-order valence-corrected chi connectivity index (χ4v) is 3.48. The molecular weight excluding hydrogens is 194 g/mol. The molecule has 1 aromatic carbocycles. The molecule has 0 radical (unpaired) electrons. The third-order valence-electron chi connectivity index (χ3n) is 2.91. The van der Waals surface area contributed by atoms with E-state index in [-0.39, 0.29) is 0 Å². The summed E-state index contributed by atoms with van der Waals surface area (Å²) in [5.41, 5.74) is 2.76. The van der Waals surface area contributed by atoms with Crippen LogP contribution in [0, 0.1) is 0 Å². The minimum Gasteiger partial charge on any atom is -0.325 e. The Morgan fingerprint density at radius 2 is 2.21 bits per heavy atom. The van der Waals surface area contributed by atoms with Crippen LogP contribution in [0.3, 0.4) is 0 Å². The molecule has 1 atom stereocenters. The van der Waals surface area contributed by atoms with Gasteiger partial charge in [-0.2, -0.15) is 0 Å². The topological polar surface area (TPSA) is 20.3 Å². The zero-order valence-corrected chi connectivity index (χ0v) is 8.59. The lowest BCUT2D eigenvalue weighted by Crippen LogP contribution is -2.34. The first-order valence-corrected chi connectivity index (χ1v) is 5.90. The fraction of sp³-hybridized carbons (Fsp3) is 0.364. The number of hydrogen-bond acceptors (Lipinski definition) is 2. The summed E-state index contributed by atoms with van der Waals surface area (Å²) in [5.74, 6) is 0.952. The van der Waals surface area contributed by atoms with Crippen molar-refractivity contribution in [3.8, 4) is 0 Å². The van der Waals surface area contributed by atoms with Crippen molar-refractivity contribution in [3.63, 3.8) is 0 Å². The van der Waals surface area contributed by atoms with Gasteiger partial charge in [0.1, 0.15) is 5.37 Å². The fourth-order valence-electron chi connectivity index (χ4n) is 2.20. The lowest BCUT2D eigenvalue weighted by Gasteiger charge is -2.30. The number of amides is 1. The summed E-state index contributed by atoms with van der Waals surface area (Å²) in [6.07, 6.45) is 1.01. The summed E-state index contributed by atoms with van der Waals surface area (Å²) in [6.45, 7) is 0.896. The Morgan fingerprint density at radius 1 is 1.36 bits per heavy atom. The number of fused-ring (bicyclic) bond motifs is 3. The Balaban J connectivity index is 2.07. The maximum Gasteiger partial charge on any atom is 0.233 e. The second-order valence-electron chi connectivity index (χ2n) is 3.70. The summed E-state index contributed by atoms with van der Waals surface area (Å²) >= 11 is 1.75. The van der Waals surface area contributed by atoms with Crippen LogP contribution in [-0.2, 0) is 11.2 Å². The number of carbonyl (C=O) groups excluding carboxylic acids is 1. The largest absolute Gasteiger partial charge is 0.325 e. The van der Waals surface area contributed by atoms with Crippen molar-refractivity contribution in [2.45, 2.75) is 11.8 Å². The molecule has 14 heavy (non-hydrogen) atoms. The van der Waals surface area contributed by atoms with Gasteiger partial charge in [0.25, 0.3) is 0 Å². The van der Waals surface area contributed by atoms with E-state index in [0.29, 0.717) is 17.0 Å². The summed E-state index contributed by atoms with van der Waals surface area (Å²) in [5, 5.41) is 0.299. The lowest BCUT2D eigenvalue weighted by atomic mass is 10.00. The molecule has 0 bridgehead atoms. The maximum atomic E-state index is 11.5. The van der Waals surface area contributed by atoms with Crippen molar-refractivity contribution in [1.29, 1.82) is 0 Å². The van der Waals surface area contributed by atoms with Crippen LogP contribution in [-0.4, -0.2) is 23.1 Å². The molecule has 0 saturated carbocycles. The standard InChI is InChI=1S/C11H11NOS/c13-10-7-14-11-9-4-2-1-3-8(9)5-6-12(10)11/h1-4,11H,5-7H2/t11-/m0/s1.